The average Bonchev–Trinajstić information content (AvgIpc) is 3.46. The molecule has 0 spiro atoms. The number of nitrogens with zero attached hydrogens (tertiary/aromatic N) is 1. The zero-order chi connectivity index (χ0) is 22.0. The number of hydrogen-bond donors (Lipinski definition) is 2. The number of methoxy groups -OCH3 is 2. The van der Waals surface area contributed by atoms with Gasteiger partial charge in [0.05, 0.1) is 20.6 Å². The number of hydrogen-bond acceptors (Lipinski definition) is 5. The lowest BCUT2D eigenvalue weighted by molar-refractivity contribution is -0.130. The van der Waals surface area contributed by atoms with Crippen molar-refractivity contribution in [3.63, 3.8) is 0 Å². The van der Waals surface area contributed by atoms with Gasteiger partial charge >= 0.3 is 6.03 Å². The van der Waals surface area contributed by atoms with Crippen molar-refractivity contribution >= 4 is 17.8 Å². The van der Waals surface area contributed by atoms with Gasteiger partial charge < -0.3 is 20.1 Å². The van der Waals surface area contributed by atoms with Gasteiger partial charge in [-0.15, -0.1) is 0 Å². The van der Waals surface area contributed by atoms with Gasteiger partial charge in [0.2, 0.25) is 5.91 Å². The van der Waals surface area contributed by atoms with Crippen LogP contribution in [-0.4, -0.2) is 56.1 Å². The SMILES string of the molecule is COc1ccc(CCN2C(=O)N[C@@H](CC(=O)NC[C@H]3C[C@H]4C=C[C@H]3C4)C2=O)cc1OC. The Morgan fingerprint density at radius 2 is 1.97 bits per heavy atom. The Morgan fingerprint density at radius 3 is 2.65 bits per heavy atom. The van der Waals surface area contributed by atoms with E-state index in [4.69, 9.17) is 9.47 Å². The molecule has 4 rings (SSSR count). The first-order valence-corrected chi connectivity index (χ1v) is 10.8. The normalized spacial score (nSPS) is 26.3. The van der Waals surface area contributed by atoms with Crippen molar-refractivity contribution in [2.24, 2.45) is 17.8 Å². The largest absolute Gasteiger partial charge is 0.493 e. The quantitative estimate of drug-likeness (QED) is 0.463. The minimum absolute atomic E-state index is 0.0336. The molecular formula is C23H29N3O5. The Kier molecular flexibility index (Phi) is 6.15. The van der Waals surface area contributed by atoms with E-state index in [9.17, 15) is 14.4 Å². The molecule has 0 aromatic heterocycles. The van der Waals surface area contributed by atoms with Crippen molar-refractivity contribution in [2.45, 2.75) is 31.7 Å². The van der Waals surface area contributed by atoms with E-state index in [2.05, 4.69) is 22.8 Å². The van der Waals surface area contributed by atoms with E-state index in [0.717, 1.165) is 12.0 Å². The Bertz CT molecular complexity index is 899. The average molecular weight is 428 g/mol. The number of carbonyl (C=O) groups is 3. The van der Waals surface area contributed by atoms with Crippen molar-refractivity contribution < 1.29 is 23.9 Å². The van der Waals surface area contributed by atoms with Crippen molar-refractivity contribution in [1.29, 1.82) is 0 Å². The third kappa shape index (κ3) is 4.52. The fourth-order valence-electron chi connectivity index (χ4n) is 4.84. The number of fused-ring (bicyclic) bond motifs is 2. The van der Waals surface area contributed by atoms with Crippen molar-refractivity contribution in [3.8, 4) is 11.5 Å². The molecule has 1 aromatic rings. The molecule has 3 aliphatic rings. The molecule has 2 bridgehead atoms. The molecule has 1 saturated carbocycles. The Balaban J connectivity index is 1.26. The summed E-state index contributed by atoms with van der Waals surface area (Å²) in [5.41, 5.74) is 0.916. The molecular weight excluding hydrogens is 398 g/mol. The Morgan fingerprint density at radius 1 is 1.16 bits per heavy atom. The summed E-state index contributed by atoms with van der Waals surface area (Å²) in [5.74, 6) is 2.35. The number of allylic oxidation sites excluding steroid dienone is 2. The van der Waals surface area contributed by atoms with Crippen molar-refractivity contribution in [1.82, 2.24) is 15.5 Å². The lowest BCUT2D eigenvalue weighted by atomic mass is 9.93. The van der Waals surface area contributed by atoms with Crippen LogP contribution in [0.2, 0.25) is 0 Å². The van der Waals surface area contributed by atoms with Gasteiger partial charge in [-0.1, -0.05) is 18.2 Å². The van der Waals surface area contributed by atoms with E-state index in [-0.39, 0.29) is 24.8 Å². The molecule has 1 saturated heterocycles. The smallest absolute Gasteiger partial charge is 0.324 e. The van der Waals surface area contributed by atoms with Crippen LogP contribution in [0.1, 0.15) is 24.8 Å². The molecule has 4 atom stereocenters. The first kappa shape index (κ1) is 21.2. The fraction of sp³-hybridized carbons (Fsp3) is 0.522. The van der Waals surface area contributed by atoms with E-state index in [0.29, 0.717) is 42.2 Å². The number of amides is 4. The summed E-state index contributed by atoms with van der Waals surface area (Å²) in [4.78, 5) is 38.5. The number of imide groups is 1. The first-order valence-electron chi connectivity index (χ1n) is 10.8. The van der Waals surface area contributed by atoms with E-state index in [1.54, 1.807) is 20.3 Å². The first-order chi connectivity index (χ1) is 15.0. The number of nitrogens with one attached hydrogen (secondary N) is 2. The summed E-state index contributed by atoms with van der Waals surface area (Å²) in [6, 6.07) is 4.22. The van der Waals surface area contributed by atoms with Crippen LogP contribution in [0.5, 0.6) is 11.5 Å². The second-order valence-corrected chi connectivity index (χ2v) is 8.48. The van der Waals surface area contributed by atoms with Crippen LogP contribution in [0.15, 0.2) is 30.4 Å². The molecule has 8 nitrogen and oxygen atoms in total. The maximum atomic E-state index is 12.7. The summed E-state index contributed by atoms with van der Waals surface area (Å²) >= 11 is 0. The molecule has 31 heavy (non-hydrogen) atoms. The third-order valence-corrected chi connectivity index (χ3v) is 6.55. The van der Waals surface area contributed by atoms with E-state index < -0.39 is 12.1 Å². The number of urea groups is 1. The number of carbonyl (C=O) groups excluding carboxylic acids is 3. The highest BCUT2D eigenvalue weighted by Gasteiger charge is 2.39. The predicted molar refractivity (Wildman–Crippen MR) is 114 cm³/mol. The van der Waals surface area contributed by atoms with Crippen LogP contribution in [0.25, 0.3) is 0 Å². The summed E-state index contributed by atoms with van der Waals surface area (Å²) in [7, 11) is 3.12. The molecule has 2 fully saturated rings. The topological polar surface area (TPSA) is 97.0 Å². The molecule has 1 aliphatic heterocycles. The van der Waals surface area contributed by atoms with Gasteiger partial charge in [0.1, 0.15) is 6.04 Å². The summed E-state index contributed by atoms with van der Waals surface area (Å²) in [6.07, 6.45) is 7.27. The van der Waals surface area contributed by atoms with Crippen LogP contribution in [0.4, 0.5) is 4.79 Å². The minimum Gasteiger partial charge on any atom is -0.493 e. The van der Waals surface area contributed by atoms with Gasteiger partial charge in [-0.3, -0.25) is 14.5 Å². The summed E-state index contributed by atoms with van der Waals surface area (Å²) in [6.45, 7) is 0.859. The molecule has 166 valence electrons. The van der Waals surface area contributed by atoms with Gasteiger partial charge in [0.15, 0.2) is 11.5 Å². The number of rotatable bonds is 9. The lowest BCUT2D eigenvalue weighted by Crippen LogP contribution is -2.38. The maximum Gasteiger partial charge on any atom is 0.324 e. The van der Waals surface area contributed by atoms with Crippen LogP contribution in [0, 0.1) is 17.8 Å². The second-order valence-electron chi connectivity index (χ2n) is 8.48. The molecule has 1 heterocycles. The zero-order valence-electron chi connectivity index (χ0n) is 17.9. The Hall–Kier alpha value is -3.03. The lowest BCUT2D eigenvalue weighted by Gasteiger charge is -2.19. The predicted octanol–water partition coefficient (Wildman–Crippen LogP) is 1.89. The monoisotopic (exact) mass is 427 g/mol. The second kappa shape index (κ2) is 8.99. The van der Waals surface area contributed by atoms with Gasteiger partial charge in [-0.05, 0) is 54.7 Å². The zero-order valence-corrected chi connectivity index (χ0v) is 17.9. The van der Waals surface area contributed by atoms with E-state index in [1.807, 2.05) is 12.1 Å². The van der Waals surface area contributed by atoms with Crippen molar-refractivity contribution in [2.75, 3.05) is 27.3 Å². The number of benzene rings is 1. The highest BCUT2D eigenvalue weighted by atomic mass is 16.5. The maximum absolute atomic E-state index is 12.7. The summed E-state index contributed by atoms with van der Waals surface area (Å²) in [5, 5.41) is 5.58. The molecule has 0 radical (unpaired) electrons. The third-order valence-electron chi connectivity index (χ3n) is 6.55. The van der Waals surface area contributed by atoms with Crippen LogP contribution < -0.4 is 20.1 Å². The summed E-state index contributed by atoms with van der Waals surface area (Å²) < 4.78 is 10.5. The standard InChI is InChI=1S/C23H29N3O5/c1-30-19-6-4-14(11-20(19)31-2)7-8-26-22(28)18(25-23(26)29)12-21(27)24-13-17-10-15-3-5-16(17)9-15/h3-6,11,15-18H,7-10,12-13H2,1-2H3,(H,24,27)(H,25,29)/t15-,16-,17+,18-/m0/s1. The Labute approximate surface area is 181 Å². The minimum atomic E-state index is -0.808. The molecule has 2 N–H and O–H groups in total. The highest BCUT2D eigenvalue weighted by molar-refractivity contribution is 6.05. The molecule has 8 heteroatoms. The van der Waals surface area contributed by atoms with E-state index in [1.165, 1.54) is 11.3 Å². The number of ether oxygens (including phenoxy) is 2. The highest BCUT2D eigenvalue weighted by Crippen LogP contribution is 2.42. The van der Waals surface area contributed by atoms with Gasteiger partial charge in [0, 0.05) is 13.1 Å². The molecule has 4 amide bonds. The van der Waals surface area contributed by atoms with Gasteiger partial charge in [-0.2, -0.15) is 0 Å². The molecule has 1 aromatic carbocycles. The van der Waals surface area contributed by atoms with Crippen LogP contribution in [0.3, 0.4) is 0 Å². The van der Waals surface area contributed by atoms with Crippen molar-refractivity contribution in [3.05, 3.63) is 35.9 Å². The molecule has 0 unspecified atom stereocenters. The van der Waals surface area contributed by atoms with E-state index >= 15 is 0 Å². The van der Waals surface area contributed by atoms with Crippen LogP contribution >= 0.6 is 0 Å². The van der Waals surface area contributed by atoms with Gasteiger partial charge in [-0.25, -0.2) is 4.79 Å². The van der Waals surface area contributed by atoms with Crippen LogP contribution in [-0.2, 0) is 16.0 Å². The van der Waals surface area contributed by atoms with Gasteiger partial charge in [0.25, 0.3) is 5.91 Å². The molecule has 2 aliphatic carbocycles. The fourth-order valence-corrected chi connectivity index (χ4v) is 4.84.